The van der Waals surface area contributed by atoms with Crippen molar-refractivity contribution in [3.63, 3.8) is 0 Å². The van der Waals surface area contributed by atoms with Gasteiger partial charge >= 0.3 is 0 Å². The lowest BCUT2D eigenvalue weighted by Crippen LogP contribution is -2.40. The van der Waals surface area contributed by atoms with Gasteiger partial charge in [0.2, 0.25) is 5.91 Å². The highest BCUT2D eigenvalue weighted by molar-refractivity contribution is 5.81. The number of amides is 1. The third-order valence-corrected chi connectivity index (χ3v) is 1.39. The minimum absolute atomic E-state index is 0.0113. The Kier molecular flexibility index (Phi) is 5.22. The topological polar surface area (TPSA) is 41.1 Å². The number of hydrogen-bond donors (Lipinski definition) is 2. The van der Waals surface area contributed by atoms with E-state index in [9.17, 15) is 4.79 Å². The lowest BCUT2D eigenvalue weighted by atomic mass is 10.3. The Morgan fingerprint density at radius 2 is 2.36 bits per heavy atom. The van der Waals surface area contributed by atoms with E-state index in [-0.39, 0.29) is 11.9 Å². The van der Waals surface area contributed by atoms with E-state index in [1.807, 2.05) is 0 Å². The summed E-state index contributed by atoms with van der Waals surface area (Å²) in [5.74, 6) is 2.43. The van der Waals surface area contributed by atoms with Crippen LogP contribution in [-0.4, -0.2) is 25.5 Å². The zero-order chi connectivity index (χ0) is 8.69. The van der Waals surface area contributed by atoms with Crippen LogP contribution in [0.5, 0.6) is 0 Å². The molecule has 0 heterocycles. The number of carbonyl (C=O) groups is 1. The Bertz CT molecular complexity index is 160. The highest BCUT2D eigenvalue weighted by Gasteiger charge is 2.07. The molecule has 11 heavy (non-hydrogen) atoms. The number of terminal acetylenes is 1. The molecule has 0 aromatic rings. The fraction of sp³-hybridized carbons (Fsp3) is 0.625. The van der Waals surface area contributed by atoms with Gasteiger partial charge in [0.1, 0.15) is 0 Å². The standard InChI is InChI=1S/C8H14N2O/c1-4-5-6-10-8(11)7(2)9-3/h1,7,9H,5-6H2,2-3H3,(H,10,11)/t7-/m0/s1. The summed E-state index contributed by atoms with van der Waals surface area (Å²) in [7, 11) is 1.74. The van der Waals surface area contributed by atoms with E-state index in [1.54, 1.807) is 14.0 Å². The summed E-state index contributed by atoms with van der Waals surface area (Å²) in [6.45, 7) is 2.35. The van der Waals surface area contributed by atoms with Gasteiger partial charge in [0.25, 0.3) is 0 Å². The first-order valence-electron chi connectivity index (χ1n) is 3.60. The zero-order valence-corrected chi connectivity index (χ0v) is 6.98. The molecule has 0 bridgehead atoms. The highest BCUT2D eigenvalue weighted by atomic mass is 16.2. The minimum atomic E-state index is -0.146. The molecule has 0 saturated carbocycles. The molecule has 62 valence electrons. The zero-order valence-electron chi connectivity index (χ0n) is 6.98. The average molecular weight is 154 g/mol. The summed E-state index contributed by atoms with van der Waals surface area (Å²) in [5.41, 5.74) is 0. The van der Waals surface area contributed by atoms with Crippen LogP contribution in [0.3, 0.4) is 0 Å². The Morgan fingerprint density at radius 1 is 1.73 bits per heavy atom. The van der Waals surface area contributed by atoms with Gasteiger partial charge in [-0.2, -0.15) is 0 Å². The van der Waals surface area contributed by atoms with Crippen molar-refractivity contribution in [1.29, 1.82) is 0 Å². The van der Waals surface area contributed by atoms with Crippen molar-refractivity contribution in [2.24, 2.45) is 0 Å². The van der Waals surface area contributed by atoms with Gasteiger partial charge in [0.05, 0.1) is 6.04 Å². The molecule has 2 N–H and O–H groups in total. The highest BCUT2D eigenvalue weighted by Crippen LogP contribution is 1.79. The Labute approximate surface area is 67.6 Å². The molecule has 3 nitrogen and oxygen atoms in total. The van der Waals surface area contributed by atoms with E-state index >= 15 is 0 Å². The first-order chi connectivity index (χ1) is 5.22. The van der Waals surface area contributed by atoms with Gasteiger partial charge in [0, 0.05) is 13.0 Å². The van der Waals surface area contributed by atoms with Crippen LogP contribution >= 0.6 is 0 Å². The van der Waals surface area contributed by atoms with Crippen molar-refractivity contribution in [1.82, 2.24) is 10.6 Å². The lowest BCUT2D eigenvalue weighted by molar-refractivity contribution is -0.122. The number of carbonyl (C=O) groups excluding carboxylic acids is 1. The van der Waals surface area contributed by atoms with E-state index < -0.39 is 0 Å². The van der Waals surface area contributed by atoms with Gasteiger partial charge in [-0.25, -0.2) is 0 Å². The Morgan fingerprint density at radius 3 is 2.82 bits per heavy atom. The lowest BCUT2D eigenvalue weighted by Gasteiger charge is -2.09. The molecule has 0 aliphatic rings. The molecule has 0 radical (unpaired) electrons. The molecule has 0 rings (SSSR count). The molecule has 0 spiro atoms. The SMILES string of the molecule is C#CCCNC(=O)[C@H](C)NC. The van der Waals surface area contributed by atoms with E-state index in [0.717, 1.165) is 0 Å². The summed E-state index contributed by atoms with van der Waals surface area (Å²) >= 11 is 0. The summed E-state index contributed by atoms with van der Waals surface area (Å²) in [4.78, 5) is 11.0. The summed E-state index contributed by atoms with van der Waals surface area (Å²) in [6.07, 6.45) is 5.59. The van der Waals surface area contributed by atoms with Gasteiger partial charge in [-0.05, 0) is 14.0 Å². The Hall–Kier alpha value is -1.01. The largest absolute Gasteiger partial charge is 0.354 e. The van der Waals surface area contributed by atoms with Crippen LogP contribution in [0.1, 0.15) is 13.3 Å². The van der Waals surface area contributed by atoms with Crippen LogP contribution in [0, 0.1) is 12.3 Å². The minimum Gasteiger partial charge on any atom is -0.354 e. The molecule has 0 aliphatic carbocycles. The molecule has 0 aliphatic heterocycles. The monoisotopic (exact) mass is 154 g/mol. The van der Waals surface area contributed by atoms with Crippen molar-refractivity contribution in [3.05, 3.63) is 0 Å². The maximum absolute atomic E-state index is 11.0. The van der Waals surface area contributed by atoms with Crippen LogP contribution < -0.4 is 10.6 Å². The van der Waals surface area contributed by atoms with E-state index in [4.69, 9.17) is 6.42 Å². The summed E-state index contributed by atoms with van der Waals surface area (Å²) in [6, 6.07) is -0.146. The van der Waals surface area contributed by atoms with Gasteiger partial charge < -0.3 is 10.6 Å². The van der Waals surface area contributed by atoms with Gasteiger partial charge in [-0.1, -0.05) is 0 Å². The normalized spacial score (nSPS) is 11.7. The smallest absolute Gasteiger partial charge is 0.236 e. The quantitative estimate of drug-likeness (QED) is 0.432. The summed E-state index contributed by atoms with van der Waals surface area (Å²) < 4.78 is 0. The molecular weight excluding hydrogens is 140 g/mol. The molecule has 0 unspecified atom stereocenters. The molecule has 0 saturated heterocycles. The Balaban J connectivity index is 3.46. The van der Waals surface area contributed by atoms with Crippen LogP contribution in [-0.2, 0) is 4.79 Å². The van der Waals surface area contributed by atoms with Gasteiger partial charge in [0.15, 0.2) is 0 Å². The fourth-order valence-corrected chi connectivity index (χ4v) is 0.542. The molecule has 0 aromatic heterocycles. The van der Waals surface area contributed by atoms with Crippen LogP contribution in [0.15, 0.2) is 0 Å². The van der Waals surface area contributed by atoms with E-state index in [2.05, 4.69) is 16.6 Å². The number of rotatable bonds is 4. The van der Waals surface area contributed by atoms with Crippen molar-refractivity contribution in [2.45, 2.75) is 19.4 Å². The average Bonchev–Trinajstić information content (AvgIpc) is 2.03. The predicted molar refractivity (Wildman–Crippen MR) is 45.0 cm³/mol. The second-order valence-electron chi connectivity index (χ2n) is 2.26. The van der Waals surface area contributed by atoms with Crippen molar-refractivity contribution in [2.75, 3.05) is 13.6 Å². The van der Waals surface area contributed by atoms with Crippen LogP contribution in [0.2, 0.25) is 0 Å². The third kappa shape index (κ3) is 4.40. The molecule has 1 amide bonds. The number of nitrogens with one attached hydrogen (secondary N) is 2. The van der Waals surface area contributed by atoms with Crippen molar-refractivity contribution < 1.29 is 4.79 Å². The fourth-order valence-electron chi connectivity index (χ4n) is 0.542. The van der Waals surface area contributed by atoms with Crippen LogP contribution in [0.4, 0.5) is 0 Å². The first-order valence-corrected chi connectivity index (χ1v) is 3.60. The second-order valence-corrected chi connectivity index (χ2v) is 2.26. The van der Waals surface area contributed by atoms with Crippen LogP contribution in [0.25, 0.3) is 0 Å². The number of hydrogen-bond acceptors (Lipinski definition) is 2. The first kappa shape index (κ1) is 9.99. The maximum atomic E-state index is 11.0. The summed E-state index contributed by atoms with van der Waals surface area (Å²) in [5, 5.41) is 5.52. The van der Waals surface area contributed by atoms with Crippen molar-refractivity contribution >= 4 is 5.91 Å². The molecule has 0 aromatic carbocycles. The molecule has 3 heteroatoms. The molecule has 1 atom stereocenters. The molecule has 0 fully saturated rings. The maximum Gasteiger partial charge on any atom is 0.236 e. The predicted octanol–water partition coefficient (Wildman–Crippen LogP) is -0.266. The second kappa shape index (κ2) is 5.75. The van der Waals surface area contributed by atoms with Gasteiger partial charge in [-0.3, -0.25) is 4.79 Å². The van der Waals surface area contributed by atoms with E-state index in [1.165, 1.54) is 0 Å². The van der Waals surface area contributed by atoms with Gasteiger partial charge in [-0.15, -0.1) is 12.3 Å². The van der Waals surface area contributed by atoms with Crippen molar-refractivity contribution in [3.8, 4) is 12.3 Å². The molecular formula is C8H14N2O. The van der Waals surface area contributed by atoms with E-state index in [0.29, 0.717) is 13.0 Å². The third-order valence-electron chi connectivity index (χ3n) is 1.39. The number of likely N-dealkylation sites (N-methyl/N-ethyl adjacent to an activating group) is 1.